The molecule has 0 spiro atoms. The summed E-state index contributed by atoms with van der Waals surface area (Å²) in [7, 11) is -4.31. The number of halogens is 3. The molecule has 10 heteroatoms. The zero-order valence-corrected chi connectivity index (χ0v) is 20.1. The lowest BCUT2D eigenvalue weighted by Gasteiger charge is -2.24. The van der Waals surface area contributed by atoms with Crippen molar-refractivity contribution < 1.29 is 26.7 Å². The Bertz CT molecular complexity index is 1470. The molecule has 0 bridgehead atoms. The van der Waals surface area contributed by atoms with E-state index in [9.17, 15) is 22.0 Å². The lowest BCUT2D eigenvalue weighted by molar-refractivity contribution is -0.114. The van der Waals surface area contributed by atoms with Gasteiger partial charge in [-0.1, -0.05) is 29.8 Å². The van der Waals surface area contributed by atoms with Gasteiger partial charge in [0.2, 0.25) is 5.91 Å². The monoisotopic (exact) mass is 528 g/mol. The number of nitrogens with one attached hydrogen (secondary N) is 1. The van der Waals surface area contributed by atoms with Crippen molar-refractivity contribution in [3.8, 4) is 11.5 Å². The minimum absolute atomic E-state index is 0.0442. The number of carbonyl (C=O) groups is 1. The number of sulfonamides is 1. The zero-order chi connectivity index (χ0) is 25.7. The Balaban J connectivity index is 1.64. The van der Waals surface area contributed by atoms with Crippen molar-refractivity contribution in [3.63, 3.8) is 0 Å². The lowest BCUT2D eigenvalue weighted by atomic mass is 10.2. The third kappa shape index (κ3) is 5.99. The maximum Gasteiger partial charge on any atom is 0.264 e. The molecule has 4 aromatic rings. The lowest BCUT2D eigenvalue weighted by Crippen LogP contribution is -2.38. The van der Waals surface area contributed by atoms with Crippen molar-refractivity contribution in [2.24, 2.45) is 0 Å². The topological polar surface area (TPSA) is 75.7 Å². The summed E-state index contributed by atoms with van der Waals surface area (Å²) in [4.78, 5) is 12.8. The van der Waals surface area contributed by atoms with Gasteiger partial charge in [0, 0.05) is 5.02 Å². The van der Waals surface area contributed by atoms with E-state index in [0.29, 0.717) is 10.8 Å². The van der Waals surface area contributed by atoms with Crippen LogP contribution in [0.2, 0.25) is 5.02 Å². The van der Waals surface area contributed by atoms with E-state index in [1.54, 1.807) is 36.4 Å². The van der Waals surface area contributed by atoms with Crippen LogP contribution in [0.15, 0.2) is 102 Å². The van der Waals surface area contributed by atoms with Crippen LogP contribution in [0.25, 0.3) is 0 Å². The van der Waals surface area contributed by atoms with Gasteiger partial charge < -0.3 is 10.1 Å². The van der Waals surface area contributed by atoms with Crippen LogP contribution < -0.4 is 14.4 Å². The van der Waals surface area contributed by atoms with Gasteiger partial charge in [-0.05, 0) is 78.9 Å². The Kier molecular flexibility index (Phi) is 7.52. The maximum absolute atomic E-state index is 13.5. The van der Waals surface area contributed by atoms with Gasteiger partial charge in [0.25, 0.3) is 10.0 Å². The van der Waals surface area contributed by atoms with Crippen LogP contribution in [-0.2, 0) is 14.8 Å². The SMILES string of the molecule is O=C(CN(c1ccc(F)cc1)S(=O)(=O)c1ccc(F)cc1)Nc1cc(Cl)ccc1Oc1ccccc1. The minimum atomic E-state index is -4.31. The standard InChI is InChI=1S/C26H19ClF2N2O4S/c27-18-6-15-25(35-22-4-2-1-3-5-22)24(16-18)30-26(32)17-31(21-11-7-19(28)8-12-21)36(33,34)23-13-9-20(29)10-14-23/h1-16H,17H2,(H,30,32). The zero-order valence-electron chi connectivity index (χ0n) is 18.6. The predicted molar refractivity (Wildman–Crippen MR) is 134 cm³/mol. The molecule has 0 atom stereocenters. The van der Waals surface area contributed by atoms with Crippen molar-refractivity contribution in [3.05, 3.63) is 114 Å². The van der Waals surface area contributed by atoms with Crippen LogP contribution in [0.4, 0.5) is 20.2 Å². The van der Waals surface area contributed by atoms with Gasteiger partial charge in [-0.3, -0.25) is 9.10 Å². The van der Waals surface area contributed by atoms with Crippen LogP contribution in [-0.4, -0.2) is 20.9 Å². The number of amides is 1. The molecule has 4 aromatic carbocycles. The Hall–Kier alpha value is -3.95. The second kappa shape index (κ2) is 10.8. The third-order valence-corrected chi connectivity index (χ3v) is 7.01. The first-order chi connectivity index (χ1) is 17.2. The fourth-order valence-electron chi connectivity index (χ4n) is 3.28. The van der Waals surface area contributed by atoms with Crippen LogP contribution in [0.1, 0.15) is 0 Å². The van der Waals surface area contributed by atoms with E-state index in [0.717, 1.165) is 40.7 Å². The molecule has 0 aliphatic heterocycles. The summed E-state index contributed by atoms with van der Waals surface area (Å²) in [5.74, 6) is -1.11. The van der Waals surface area contributed by atoms with Gasteiger partial charge >= 0.3 is 0 Å². The van der Waals surface area contributed by atoms with Crippen molar-refractivity contribution in [1.29, 1.82) is 0 Å². The molecule has 0 unspecified atom stereocenters. The molecular formula is C26H19ClF2N2O4S. The molecule has 36 heavy (non-hydrogen) atoms. The van der Waals surface area contributed by atoms with Gasteiger partial charge in [-0.2, -0.15) is 0 Å². The Morgan fingerprint density at radius 3 is 2.11 bits per heavy atom. The fraction of sp³-hybridized carbons (Fsp3) is 0.0385. The Labute approximate surface area is 211 Å². The van der Waals surface area contributed by atoms with E-state index < -0.39 is 34.1 Å². The summed E-state index contributed by atoms with van der Waals surface area (Å²) >= 11 is 6.11. The van der Waals surface area contributed by atoms with Crippen LogP contribution in [0.5, 0.6) is 11.5 Å². The molecule has 0 saturated heterocycles. The Morgan fingerprint density at radius 2 is 1.47 bits per heavy atom. The van der Waals surface area contributed by atoms with Crippen LogP contribution in [0, 0.1) is 11.6 Å². The second-order valence-corrected chi connectivity index (χ2v) is 9.84. The van der Waals surface area contributed by atoms with Gasteiger partial charge in [0.1, 0.15) is 23.9 Å². The average molecular weight is 529 g/mol. The molecule has 0 saturated carbocycles. The first-order valence-corrected chi connectivity index (χ1v) is 12.4. The second-order valence-electron chi connectivity index (χ2n) is 7.55. The normalized spacial score (nSPS) is 11.1. The van der Waals surface area contributed by atoms with E-state index in [2.05, 4.69) is 5.32 Å². The highest BCUT2D eigenvalue weighted by atomic mass is 35.5. The van der Waals surface area contributed by atoms with Crippen molar-refractivity contribution >= 4 is 38.9 Å². The van der Waals surface area contributed by atoms with Crippen molar-refractivity contribution in [2.75, 3.05) is 16.2 Å². The van der Waals surface area contributed by atoms with E-state index in [4.69, 9.17) is 16.3 Å². The van der Waals surface area contributed by atoms with E-state index in [1.807, 2.05) is 6.07 Å². The summed E-state index contributed by atoms with van der Waals surface area (Å²) in [6, 6.07) is 22.2. The van der Waals surface area contributed by atoms with Crippen molar-refractivity contribution in [1.82, 2.24) is 0 Å². The van der Waals surface area contributed by atoms with Gasteiger partial charge in [0.15, 0.2) is 5.75 Å². The number of anilines is 2. The van der Waals surface area contributed by atoms with Gasteiger partial charge in [-0.15, -0.1) is 0 Å². The highest BCUT2D eigenvalue weighted by Crippen LogP contribution is 2.32. The molecule has 1 amide bonds. The summed E-state index contributed by atoms with van der Waals surface area (Å²) in [5, 5.41) is 2.95. The number of carbonyl (C=O) groups excluding carboxylic acids is 1. The number of benzene rings is 4. The quantitative estimate of drug-likeness (QED) is 0.293. The van der Waals surface area contributed by atoms with Crippen LogP contribution >= 0.6 is 11.6 Å². The molecule has 0 aliphatic carbocycles. The number of nitrogens with zero attached hydrogens (tertiary/aromatic N) is 1. The molecule has 0 heterocycles. The van der Waals surface area contributed by atoms with Gasteiger partial charge in [-0.25, -0.2) is 17.2 Å². The van der Waals surface area contributed by atoms with Crippen molar-refractivity contribution in [2.45, 2.75) is 4.90 Å². The summed E-state index contributed by atoms with van der Waals surface area (Å²) in [5.41, 5.74) is 0.261. The summed E-state index contributed by atoms with van der Waals surface area (Å²) < 4.78 is 60.3. The predicted octanol–water partition coefficient (Wildman–Crippen LogP) is 6.24. The number of rotatable bonds is 8. The smallest absolute Gasteiger partial charge is 0.264 e. The first-order valence-electron chi connectivity index (χ1n) is 10.6. The molecule has 184 valence electrons. The maximum atomic E-state index is 13.5. The molecule has 0 aromatic heterocycles. The third-order valence-electron chi connectivity index (χ3n) is 4.99. The molecular weight excluding hydrogens is 510 g/mol. The highest BCUT2D eigenvalue weighted by molar-refractivity contribution is 7.92. The number of hydrogen-bond donors (Lipinski definition) is 1. The Morgan fingerprint density at radius 1 is 0.861 bits per heavy atom. The highest BCUT2D eigenvalue weighted by Gasteiger charge is 2.28. The molecule has 4 rings (SSSR count). The molecule has 0 fully saturated rings. The van der Waals surface area contributed by atoms with Gasteiger partial charge in [0.05, 0.1) is 16.3 Å². The summed E-state index contributed by atoms with van der Waals surface area (Å²) in [6.45, 7) is -0.664. The minimum Gasteiger partial charge on any atom is -0.455 e. The molecule has 1 N–H and O–H groups in total. The largest absolute Gasteiger partial charge is 0.455 e. The molecule has 0 aliphatic rings. The van der Waals surface area contributed by atoms with Crippen LogP contribution in [0.3, 0.4) is 0 Å². The molecule has 0 radical (unpaired) electrons. The number of para-hydroxylation sites is 1. The summed E-state index contributed by atoms with van der Waals surface area (Å²) in [6.07, 6.45) is 0. The fourth-order valence-corrected chi connectivity index (χ4v) is 4.87. The number of ether oxygens (including phenoxy) is 1. The van der Waals surface area contributed by atoms with E-state index in [-0.39, 0.29) is 22.0 Å². The van der Waals surface area contributed by atoms with E-state index in [1.165, 1.54) is 18.2 Å². The van der Waals surface area contributed by atoms with E-state index >= 15 is 0 Å². The molecule has 6 nitrogen and oxygen atoms in total. The first kappa shape index (κ1) is 25.2. The average Bonchev–Trinajstić information content (AvgIpc) is 2.86. The number of hydrogen-bond acceptors (Lipinski definition) is 4.